The van der Waals surface area contributed by atoms with Gasteiger partial charge in [0.15, 0.2) is 5.78 Å². The summed E-state index contributed by atoms with van der Waals surface area (Å²) in [6, 6.07) is 0. The van der Waals surface area contributed by atoms with Crippen LogP contribution in [0.1, 0.15) is 67.2 Å². The zero-order valence-electron chi connectivity index (χ0n) is 24.2. The van der Waals surface area contributed by atoms with E-state index in [2.05, 4.69) is 0 Å². The molecule has 2 spiro atoms. The Kier molecular flexibility index (Phi) is 5.45. The van der Waals surface area contributed by atoms with E-state index >= 15 is 0 Å². The van der Waals surface area contributed by atoms with Crippen LogP contribution in [-0.2, 0) is 47.7 Å². The fourth-order valence-corrected chi connectivity index (χ4v) is 9.33. The Morgan fingerprint density at radius 3 is 2.46 bits per heavy atom. The van der Waals surface area contributed by atoms with E-state index in [0.29, 0.717) is 24.0 Å². The van der Waals surface area contributed by atoms with Crippen LogP contribution in [0.5, 0.6) is 0 Å². The predicted molar refractivity (Wildman–Crippen MR) is 139 cm³/mol. The van der Waals surface area contributed by atoms with Crippen molar-refractivity contribution < 1.29 is 47.7 Å². The second-order valence-electron chi connectivity index (χ2n) is 13.6. The molecule has 5 aliphatic heterocycles. The third-order valence-electron chi connectivity index (χ3n) is 11.0. The highest BCUT2D eigenvalue weighted by molar-refractivity contribution is 6.16. The monoisotopic (exact) mass is 568 g/mol. The fraction of sp³-hybridized carbons (Fsp3) is 0.710. The minimum atomic E-state index is -1.84. The Morgan fingerprint density at radius 2 is 1.76 bits per heavy atom. The zero-order chi connectivity index (χ0) is 29.4. The third kappa shape index (κ3) is 3.21. The molecule has 4 saturated heterocycles. The molecule has 5 fully saturated rings. The summed E-state index contributed by atoms with van der Waals surface area (Å²) in [5, 5.41) is 0. The van der Waals surface area contributed by atoms with Crippen LogP contribution < -0.4 is 0 Å². The number of Topliss-reactive ketones (excluding diaryl/α,β-unsaturated/α-hetero) is 2. The van der Waals surface area contributed by atoms with E-state index in [-0.39, 0.29) is 36.6 Å². The van der Waals surface area contributed by atoms with Crippen molar-refractivity contribution in [1.82, 2.24) is 0 Å². The van der Waals surface area contributed by atoms with Gasteiger partial charge in [-0.25, -0.2) is 0 Å². The van der Waals surface area contributed by atoms with Crippen LogP contribution in [0, 0.1) is 29.1 Å². The van der Waals surface area contributed by atoms with Crippen molar-refractivity contribution in [3.05, 3.63) is 22.8 Å². The summed E-state index contributed by atoms with van der Waals surface area (Å²) >= 11 is 0. The Bertz CT molecular complexity index is 1390. The summed E-state index contributed by atoms with van der Waals surface area (Å²) < 4.78 is 30.8. The van der Waals surface area contributed by atoms with Gasteiger partial charge in [-0.05, 0) is 52.2 Å². The first kappa shape index (κ1) is 27.2. The fourth-order valence-electron chi connectivity index (χ4n) is 9.33. The van der Waals surface area contributed by atoms with Crippen molar-refractivity contribution >= 4 is 29.3 Å². The predicted octanol–water partition coefficient (Wildman–Crippen LogP) is 2.56. The minimum absolute atomic E-state index is 0.00716. The third-order valence-corrected chi connectivity index (χ3v) is 11.0. The molecule has 0 radical (unpaired) electrons. The molecule has 10 atom stereocenters. The summed E-state index contributed by atoms with van der Waals surface area (Å²) in [4.78, 5) is 67.7. The molecule has 0 N–H and O–H groups in total. The molecule has 0 unspecified atom stereocenters. The lowest BCUT2D eigenvalue weighted by atomic mass is 9.62. The number of allylic oxidation sites excluding steroid dienone is 1. The number of esters is 2. The van der Waals surface area contributed by atoms with Crippen molar-refractivity contribution in [2.45, 2.75) is 103 Å². The minimum Gasteiger partial charge on any atom is -0.466 e. The molecule has 0 aromatic carbocycles. The maximum absolute atomic E-state index is 14.7. The molecule has 0 aromatic heterocycles. The van der Waals surface area contributed by atoms with Crippen molar-refractivity contribution in [1.29, 1.82) is 0 Å². The number of ether oxygens (including phenoxy) is 5. The molecule has 10 nitrogen and oxygen atoms in total. The van der Waals surface area contributed by atoms with E-state index in [1.54, 1.807) is 27.7 Å². The summed E-state index contributed by atoms with van der Waals surface area (Å²) in [7, 11) is 0. The van der Waals surface area contributed by atoms with Crippen molar-refractivity contribution in [3.63, 3.8) is 0 Å². The highest BCUT2D eigenvalue weighted by atomic mass is 16.7. The largest absolute Gasteiger partial charge is 0.466 e. The highest BCUT2D eigenvalue weighted by Crippen LogP contribution is 2.69. The Hall–Kier alpha value is -2.69. The average Bonchev–Trinajstić information content (AvgIpc) is 3.39. The summed E-state index contributed by atoms with van der Waals surface area (Å²) in [5.41, 5.74) is -1.96. The first-order chi connectivity index (χ1) is 19.2. The molecular formula is C31H36O10. The summed E-state index contributed by atoms with van der Waals surface area (Å²) in [6.07, 6.45) is -0.0290. The van der Waals surface area contributed by atoms with E-state index in [1.807, 2.05) is 13.8 Å². The van der Waals surface area contributed by atoms with Gasteiger partial charge >= 0.3 is 11.9 Å². The van der Waals surface area contributed by atoms with Crippen LogP contribution in [-0.4, -0.2) is 71.2 Å². The number of fused-ring (bicyclic) bond motifs is 2. The smallest absolute Gasteiger partial charge is 0.311 e. The normalized spacial score (nSPS) is 47.2. The topological polar surface area (TPSA) is 132 Å². The van der Waals surface area contributed by atoms with E-state index in [4.69, 9.17) is 23.7 Å². The molecule has 7 rings (SSSR count). The average molecular weight is 569 g/mol. The standard InChI is InChI=1S/C31H36O10/c1-7-37-19(33)11-18-15-12-30-9-8-29(6)24-20(13(2)25(29)34)23-22(14(3)27(36)38-23)40-31(24,41-30)26(35)16(30)10-17(32)21(15)28(4,5)39-18/h10,13-14,18,20,22-24H,7-9,11-12H2,1-6H3/t13-,14-,18+,20+,22+,23+,24-,29-,30-,31-/m0/s1. The van der Waals surface area contributed by atoms with Gasteiger partial charge in [-0.15, -0.1) is 0 Å². The van der Waals surface area contributed by atoms with Crippen molar-refractivity contribution in [2.75, 3.05) is 6.61 Å². The Balaban J connectivity index is 1.38. The van der Waals surface area contributed by atoms with E-state index < -0.39 is 82.1 Å². The van der Waals surface area contributed by atoms with Gasteiger partial charge in [0, 0.05) is 40.7 Å². The number of carbonyl (C=O) groups excluding carboxylic acids is 5. The molecule has 2 aliphatic carbocycles. The van der Waals surface area contributed by atoms with Crippen molar-refractivity contribution in [2.24, 2.45) is 29.1 Å². The molecule has 1 saturated carbocycles. The van der Waals surface area contributed by atoms with Gasteiger partial charge in [0.25, 0.3) is 0 Å². The summed E-state index contributed by atoms with van der Waals surface area (Å²) in [5.74, 6) is -5.78. The van der Waals surface area contributed by atoms with Gasteiger partial charge < -0.3 is 23.7 Å². The maximum atomic E-state index is 14.7. The molecule has 2 bridgehead atoms. The van der Waals surface area contributed by atoms with Gasteiger partial charge in [0.1, 0.15) is 23.6 Å². The molecule has 10 heteroatoms. The van der Waals surface area contributed by atoms with E-state index in [0.717, 1.165) is 0 Å². The lowest BCUT2D eigenvalue weighted by molar-refractivity contribution is -0.326. The van der Waals surface area contributed by atoms with Crippen LogP contribution in [0.4, 0.5) is 0 Å². The molecular weight excluding hydrogens is 532 g/mol. The number of hydrogen-bond acceptors (Lipinski definition) is 10. The molecule has 0 aromatic rings. The highest BCUT2D eigenvalue weighted by Gasteiger charge is 2.80. The van der Waals surface area contributed by atoms with E-state index in [1.165, 1.54) is 6.08 Å². The van der Waals surface area contributed by atoms with Gasteiger partial charge in [0.05, 0.1) is 30.7 Å². The lowest BCUT2D eigenvalue weighted by Crippen LogP contribution is -2.63. The van der Waals surface area contributed by atoms with Gasteiger partial charge in [-0.2, -0.15) is 0 Å². The number of hydrogen-bond donors (Lipinski definition) is 0. The van der Waals surface area contributed by atoms with Crippen LogP contribution in [0.2, 0.25) is 0 Å². The van der Waals surface area contributed by atoms with Crippen molar-refractivity contribution in [3.8, 4) is 0 Å². The van der Waals surface area contributed by atoms with Crippen LogP contribution >= 0.6 is 0 Å². The van der Waals surface area contributed by atoms with Crippen LogP contribution in [0.15, 0.2) is 22.8 Å². The Morgan fingerprint density at radius 1 is 1.02 bits per heavy atom. The Labute approximate surface area is 238 Å². The molecule has 41 heavy (non-hydrogen) atoms. The van der Waals surface area contributed by atoms with Crippen LogP contribution in [0.3, 0.4) is 0 Å². The quantitative estimate of drug-likeness (QED) is 0.468. The molecule has 220 valence electrons. The molecule has 0 amide bonds. The zero-order valence-corrected chi connectivity index (χ0v) is 24.2. The van der Waals surface area contributed by atoms with E-state index in [9.17, 15) is 24.0 Å². The SMILES string of the molecule is CCOC(=O)C[C@H]1OC(C)(C)C2=C1C[C@]13CC[C@]4(C)C(=O)[C@@H](C)[C@@H]5[C@H]6OC(=O)[C@@H](C)[C@H]6O[C@@](O1)(C(=O)C3=CC2=O)[C@@H]54. The number of ketones is 3. The summed E-state index contributed by atoms with van der Waals surface area (Å²) in [6.45, 7) is 10.9. The van der Waals surface area contributed by atoms with Gasteiger partial charge in [0.2, 0.25) is 11.6 Å². The second-order valence-corrected chi connectivity index (χ2v) is 13.6. The first-order valence-electron chi connectivity index (χ1n) is 14.7. The molecule has 7 aliphatic rings. The molecule has 5 heterocycles. The number of carbonyl (C=O) groups is 5. The first-order valence-corrected chi connectivity index (χ1v) is 14.7. The maximum Gasteiger partial charge on any atom is 0.311 e. The second kappa shape index (κ2) is 8.23. The van der Waals surface area contributed by atoms with Gasteiger partial charge in [-0.3, -0.25) is 24.0 Å². The number of rotatable bonds is 3. The van der Waals surface area contributed by atoms with Gasteiger partial charge in [-0.1, -0.05) is 13.8 Å². The van der Waals surface area contributed by atoms with Crippen LogP contribution in [0.25, 0.3) is 0 Å². The lowest BCUT2D eigenvalue weighted by Gasteiger charge is -2.49.